The van der Waals surface area contributed by atoms with Crippen molar-refractivity contribution in [3.8, 4) is 28.3 Å². The Balaban J connectivity index is 1.18. The van der Waals surface area contributed by atoms with Gasteiger partial charge in [0.05, 0.1) is 29.3 Å². The number of carboxylic acid groups (broad SMARTS) is 1. The Morgan fingerprint density at radius 2 is 1.81 bits per heavy atom. The van der Waals surface area contributed by atoms with Crippen LogP contribution in [0.25, 0.3) is 33.3 Å². The maximum atomic E-state index is 13.1. The maximum absolute atomic E-state index is 13.1. The number of hydrogen-bond acceptors (Lipinski definition) is 9. The first-order valence-electron chi connectivity index (χ1n) is 15.4. The quantitative estimate of drug-likeness (QED) is 0.222. The Bertz CT molecular complexity index is 2270. The van der Waals surface area contributed by atoms with E-state index in [0.717, 1.165) is 38.1 Å². The van der Waals surface area contributed by atoms with Crippen molar-refractivity contribution in [3.05, 3.63) is 97.8 Å². The van der Waals surface area contributed by atoms with Crippen molar-refractivity contribution >= 4 is 40.0 Å². The highest BCUT2D eigenvalue weighted by Crippen LogP contribution is 2.54. The number of methoxy groups -OCH3 is 1. The van der Waals surface area contributed by atoms with Crippen molar-refractivity contribution in [2.24, 2.45) is 31.7 Å². The van der Waals surface area contributed by atoms with Crippen molar-refractivity contribution in [1.29, 1.82) is 0 Å². The summed E-state index contributed by atoms with van der Waals surface area (Å²) in [5, 5.41) is 13.6. The molecule has 1 saturated heterocycles. The first kappa shape index (κ1) is 31.6. The maximum Gasteiger partial charge on any atom is 0.330 e. The topological polar surface area (TPSA) is 158 Å². The number of rotatable bonds is 8. The third-order valence-corrected chi connectivity index (χ3v) is 10.2. The van der Waals surface area contributed by atoms with Crippen molar-refractivity contribution in [2.75, 3.05) is 25.5 Å². The second kappa shape index (κ2) is 11.6. The number of carbonyl (C=O) groups is 1. The molecule has 0 radical (unpaired) electrons. The van der Waals surface area contributed by atoms with Gasteiger partial charge in [-0.3, -0.25) is 23.6 Å². The molecule has 0 bridgehead atoms. The predicted octanol–water partition coefficient (Wildman–Crippen LogP) is 3.92. The molecule has 48 heavy (non-hydrogen) atoms. The molecule has 0 unspecified atom stereocenters. The van der Waals surface area contributed by atoms with E-state index in [-0.39, 0.29) is 5.92 Å². The van der Waals surface area contributed by atoms with Crippen LogP contribution in [-0.2, 0) is 25.4 Å². The van der Waals surface area contributed by atoms with Crippen LogP contribution in [0.15, 0.2) is 70.4 Å². The highest BCUT2D eigenvalue weighted by Gasteiger charge is 2.70. The zero-order valence-electron chi connectivity index (χ0n) is 26.8. The molecule has 246 valence electrons. The first-order valence-corrected chi connectivity index (χ1v) is 15.8. The number of piperidine rings is 1. The highest BCUT2D eigenvalue weighted by atomic mass is 35.5. The predicted molar refractivity (Wildman–Crippen MR) is 184 cm³/mol. The smallest absolute Gasteiger partial charge is 0.330 e. The average molecular weight is 668 g/mol. The van der Waals surface area contributed by atoms with Gasteiger partial charge in [0.1, 0.15) is 11.2 Å². The Labute approximate surface area is 280 Å². The lowest BCUT2D eigenvalue weighted by atomic mass is 9.96. The summed E-state index contributed by atoms with van der Waals surface area (Å²) in [6.07, 6.45) is 1.56. The number of anilines is 2. The van der Waals surface area contributed by atoms with Crippen molar-refractivity contribution < 1.29 is 14.6 Å². The van der Waals surface area contributed by atoms with E-state index in [0.29, 0.717) is 53.0 Å². The van der Waals surface area contributed by atoms with E-state index in [4.69, 9.17) is 27.1 Å². The first-order chi connectivity index (χ1) is 22.9. The van der Waals surface area contributed by atoms with Gasteiger partial charge < -0.3 is 20.9 Å². The van der Waals surface area contributed by atoms with Crippen molar-refractivity contribution in [3.63, 3.8) is 0 Å². The minimum absolute atomic E-state index is 0.0437. The minimum Gasteiger partial charge on any atom is -0.481 e. The normalized spacial score (nSPS) is 20.1. The molecule has 12 nitrogen and oxygen atoms in total. The SMILES string of the molecule is COc1nc(-c2cccc(-c3cccc(Nc4nccc5c4c(=O)n(C)c(=O)n5C)c3C)c2Cl)ccc1CN1C[C@H]2[C@H](C(=O)O)[C@@]2(N)C1. The Morgan fingerprint density at radius 3 is 2.52 bits per heavy atom. The molecule has 2 aromatic carbocycles. The Hall–Kier alpha value is -5.04. The number of nitrogens with two attached hydrogens (primary N) is 1. The summed E-state index contributed by atoms with van der Waals surface area (Å²) in [6.45, 7) is 3.63. The molecule has 7 rings (SSSR count). The van der Waals surface area contributed by atoms with Crippen LogP contribution >= 0.6 is 11.6 Å². The summed E-state index contributed by atoms with van der Waals surface area (Å²) in [4.78, 5) is 48.5. The zero-order chi connectivity index (χ0) is 34.1. The summed E-state index contributed by atoms with van der Waals surface area (Å²) < 4.78 is 8.18. The second-order valence-corrected chi connectivity index (χ2v) is 13.0. The third kappa shape index (κ3) is 4.95. The number of pyridine rings is 2. The third-order valence-electron chi connectivity index (χ3n) is 9.84. The molecule has 5 aromatic rings. The lowest BCUT2D eigenvalue weighted by Gasteiger charge is -2.22. The highest BCUT2D eigenvalue weighted by molar-refractivity contribution is 6.36. The molecule has 13 heteroatoms. The summed E-state index contributed by atoms with van der Waals surface area (Å²) in [5.74, 6) is -0.548. The van der Waals surface area contributed by atoms with E-state index in [1.165, 1.54) is 11.6 Å². The van der Waals surface area contributed by atoms with Crippen molar-refractivity contribution in [2.45, 2.75) is 19.0 Å². The molecular weight excluding hydrogens is 634 g/mol. The molecule has 3 aromatic heterocycles. The monoisotopic (exact) mass is 667 g/mol. The number of benzene rings is 2. The summed E-state index contributed by atoms with van der Waals surface area (Å²) in [6, 6.07) is 17.0. The Morgan fingerprint density at radius 1 is 1.08 bits per heavy atom. The van der Waals surface area contributed by atoms with Crippen LogP contribution in [0, 0.1) is 18.8 Å². The fourth-order valence-electron chi connectivity index (χ4n) is 7.19. The molecule has 4 N–H and O–H groups in total. The van der Waals surface area contributed by atoms with E-state index in [2.05, 4.69) is 15.2 Å². The van der Waals surface area contributed by atoms with Gasteiger partial charge in [-0.2, -0.15) is 0 Å². The lowest BCUT2D eigenvalue weighted by molar-refractivity contribution is -0.139. The zero-order valence-corrected chi connectivity index (χ0v) is 27.6. The van der Waals surface area contributed by atoms with E-state index < -0.39 is 28.7 Å². The molecule has 1 aliphatic heterocycles. The van der Waals surface area contributed by atoms with Gasteiger partial charge in [-0.15, -0.1) is 0 Å². The van der Waals surface area contributed by atoms with Crippen LogP contribution < -0.4 is 27.0 Å². The van der Waals surface area contributed by atoms with Gasteiger partial charge in [-0.25, -0.2) is 14.8 Å². The van der Waals surface area contributed by atoms with Crippen LogP contribution in [0.1, 0.15) is 11.1 Å². The standard InChI is InChI=1S/C35H34ClN7O5/c1-18-20(7-6-10-24(18)39-30-27-26(13-14-38-30)41(2)34(47)42(3)32(27)44)21-8-5-9-22(29(21)36)25-12-11-19(31(40-25)48-4)15-43-16-23-28(33(45)46)35(23,37)17-43/h5-14,23,28H,15-17,37H2,1-4H3,(H,38,39)(H,45,46)/t23-,28+,35+/m0/s1. The summed E-state index contributed by atoms with van der Waals surface area (Å²) >= 11 is 7.10. The number of fused-ring (bicyclic) bond motifs is 2. The molecular formula is C35H34ClN7O5. The fourth-order valence-corrected chi connectivity index (χ4v) is 7.51. The van der Waals surface area contributed by atoms with E-state index >= 15 is 0 Å². The minimum atomic E-state index is -0.828. The fraction of sp³-hybridized carbons (Fsp3) is 0.286. The number of hydrogen-bond donors (Lipinski definition) is 3. The number of nitrogens with one attached hydrogen (secondary N) is 1. The van der Waals surface area contributed by atoms with Crippen LogP contribution in [-0.4, -0.2) is 60.8 Å². The number of halogens is 1. The van der Waals surface area contributed by atoms with Gasteiger partial charge in [0, 0.05) is 73.8 Å². The van der Waals surface area contributed by atoms with Gasteiger partial charge in [0.2, 0.25) is 5.88 Å². The van der Waals surface area contributed by atoms with Gasteiger partial charge in [0.25, 0.3) is 5.56 Å². The van der Waals surface area contributed by atoms with Crippen molar-refractivity contribution in [1.82, 2.24) is 24.0 Å². The number of ether oxygens (including phenoxy) is 1. The van der Waals surface area contributed by atoms with Gasteiger partial charge >= 0.3 is 11.7 Å². The van der Waals surface area contributed by atoms with Crippen LogP contribution in [0.4, 0.5) is 11.5 Å². The molecule has 3 atom stereocenters. The number of nitrogens with zero attached hydrogens (tertiary/aromatic N) is 5. The van der Waals surface area contributed by atoms with E-state index in [9.17, 15) is 19.5 Å². The number of carboxylic acids is 1. The Kier molecular flexibility index (Phi) is 7.61. The molecule has 4 heterocycles. The van der Waals surface area contributed by atoms with E-state index in [1.807, 2.05) is 55.5 Å². The lowest BCUT2D eigenvalue weighted by Crippen LogP contribution is -2.37. The summed E-state index contributed by atoms with van der Waals surface area (Å²) in [7, 11) is 4.64. The number of aliphatic carboxylic acids is 1. The number of aromatic nitrogens is 4. The summed E-state index contributed by atoms with van der Waals surface area (Å²) in [5.41, 5.74) is 10.8. The van der Waals surface area contributed by atoms with E-state index in [1.54, 1.807) is 26.4 Å². The van der Waals surface area contributed by atoms with Gasteiger partial charge in [-0.05, 0) is 36.2 Å². The average Bonchev–Trinajstić information content (AvgIpc) is 3.51. The molecule has 0 amide bonds. The molecule has 1 aliphatic carbocycles. The molecule has 1 saturated carbocycles. The molecule has 2 fully saturated rings. The number of likely N-dealkylation sites (tertiary alicyclic amines) is 1. The number of aryl methyl sites for hydroxylation is 1. The molecule has 2 aliphatic rings. The molecule has 0 spiro atoms. The van der Waals surface area contributed by atoms with Crippen LogP contribution in [0.5, 0.6) is 5.88 Å². The van der Waals surface area contributed by atoms with Gasteiger partial charge in [-0.1, -0.05) is 48.0 Å². The van der Waals surface area contributed by atoms with Crippen LogP contribution in [0.2, 0.25) is 5.02 Å². The van der Waals surface area contributed by atoms with Crippen LogP contribution in [0.3, 0.4) is 0 Å². The largest absolute Gasteiger partial charge is 0.481 e. The van der Waals surface area contributed by atoms with Gasteiger partial charge in [0.15, 0.2) is 0 Å². The second-order valence-electron chi connectivity index (χ2n) is 12.6.